The molecule has 0 radical (unpaired) electrons. The molecule has 1 N–H and O–H groups in total. The zero-order chi connectivity index (χ0) is 12.7. The highest BCUT2D eigenvalue weighted by Gasteiger charge is 2.04. The number of hydrogen-bond donors (Lipinski definition) is 1. The second-order valence-corrected chi connectivity index (χ2v) is 3.20. The van der Waals surface area contributed by atoms with Crippen molar-refractivity contribution in [2.24, 2.45) is 0 Å². The van der Waals surface area contributed by atoms with Crippen molar-refractivity contribution < 1.29 is 5.11 Å². The van der Waals surface area contributed by atoms with E-state index in [0.717, 1.165) is 16.8 Å². The van der Waals surface area contributed by atoms with Crippen molar-refractivity contribution in [3.8, 4) is 17.0 Å². The first-order valence-corrected chi connectivity index (χ1v) is 5.68. The van der Waals surface area contributed by atoms with Crippen molar-refractivity contribution in [2.45, 2.75) is 13.8 Å². The van der Waals surface area contributed by atoms with Gasteiger partial charge in [0.15, 0.2) is 0 Å². The predicted molar refractivity (Wildman–Crippen MR) is 72.8 cm³/mol. The van der Waals surface area contributed by atoms with Crippen LogP contribution in [0.4, 0.5) is 0 Å². The summed E-state index contributed by atoms with van der Waals surface area (Å²) in [6.45, 7) is 7.65. The Morgan fingerprint density at radius 3 is 2.47 bits per heavy atom. The third kappa shape index (κ3) is 3.18. The summed E-state index contributed by atoms with van der Waals surface area (Å²) in [4.78, 5) is 4.18. The highest BCUT2D eigenvalue weighted by atomic mass is 16.3. The van der Waals surface area contributed by atoms with Crippen LogP contribution in [0.3, 0.4) is 0 Å². The number of benzene rings is 1. The SMILES string of the molecule is C=Cc1ccc(-c2ccccn2)c(O)c1.CC. The van der Waals surface area contributed by atoms with E-state index in [9.17, 15) is 5.11 Å². The van der Waals surface area contributed by atoms with Crippen LogP contribution >= 0.6 is 0 Å². The lowest BCUT2D eigenvalue weighted by molar-refractivity contribution is 0.477. The first kappa shape index (κ1) is 13.0. The van der Waals surface area contributed by atoms with Gasteiger partial charge in [-0.1, -0.05) is 38.6 Å². The zero-order valence-corrected chi connectivity index (χ0v) is 10.2. The summed E-state index contributed by atoms with van der Waals surface area (Å²) in [5, 5.41) is 9.79. The molecule has 0 spiro atoms. The smallest absolute Gasteiger partial charge is 0.125 e. The molecule has 0 aliphatic heterocycles. The topological polar surface area (TPSA) is 33.1 Å². The van der Waals surface area contributed by atoms with E-state index in [-0.39, 0.29) is 5.75 Å². The lowest BCUT2D eigenvalue weighted by Gasteiger charge is -2.04. The molecule has 88 valence electrons. The molecule has 1 heterocycles. The molecule has 0 aliphatic carbocycles. The largest absolute Gasteiger partial charge is 0.507 e. The second-order valence-electron chi connectivity index (χ2n) is 3.20. The van der Waals surface area contributed by atoms with Gasteiger partial charge in [0.2, 0.25) is 0 Å². The Morgan fingerprint density at radius 1 is 1.18 bits per heavy atom. The van der Waals surface area contributed by atoms with Crippen LogP contribution in [-0.4, -0.2) is 10.1 Å². The summed E-state index contributed by atoms with van der Waals surface area (Å²) >= 11 is 0. The number of pyridine rings is 1. The molecule has 2 nitrogen and oxygen atoms in total. The average molecular weight is 227 g/mol. The fourth-order valence-electron chi connectivity index (χ4n) is 1.41. The molecule has 0 saturated heterocycles. The van der Waals surface area contributed by atoms with E-state index in [1.54, 1.807) is 18.3 Å². The van der Waals surface area contributed by atoms with Gasteiger partial charge in [0.1, 0.15) is 5.75 Å². The first-order chi connectivity index (χ1) is 8.31. The minimum atomic E-state index is 0.228. The molecule has 1 aromatic carbocycles. The number of rotatable bonds is 2. The highest BCUT2D eigenvalue weighted by Crippen LogP contribution is 2.28. The Bertz CT molecular complexity index is 478. The molecule has 0 saturated carbocycles. The molecule has 0 amide bonds. The van der Waals surface area contributed by atoms with Crippen molar-refractivity contribution in [1.82, 2.24) is 4.98 Å². The van der Waals surface area contributed by atoms with Crippen LogP contribution in [0.1, 0.15) is 19.4 Å². The Labute approximate surface area is 102 Å². The van der Waals surface area contributed by atoms with Gasteiger partial charge in [-0.15, -0.1) is 0 Å². The van der Waals surface area contributed by atoms with Crippen molar-refractivity contribution in [2.75, 3.05) is 0 Å². The van der Waals surface area contributed by atoms with E-state index in [0.29, 0.717) is 0 Å². The number of phenols is 1. The fourth-order valence-corrected chi connectivity index (χ4v) is 1.41. The Kier molecular flexibility index (Phi) is 4.95. The third-order valence-electron chi connectivity index (χ3n) is 2.20. The normalized spacial score (nSPS) is 9.06. The van der Waals surface area contributed by atoms with Crippen molar-refractivity contribution in [1.29, 1.82) is 0 Å². The molecule has 17 heavy (non-hydrogen) atoms. The highest BCUT2D eigenvalue weighted by molar-refractivity contribution is 5.69. The van der Waals surface area contributed by atoms with E-state index in [4.69, 9.17) is 0 Å². The van der Waals surface area contributed by atoms with Gasteiger partial charge in [-0.3, -0.25) is 4.98 Å². The van der Waals surface area contributed by atoms with Gasteiger partial charge < -0.3 is 5.11 Å². The Hall–Kier alpha value is -2.09. The summed E-state index contributed by atoms with van der Waals surface area (Å²) in [6.07, 6.45) is 3.40. The molecule has 0 aliphatic rings. The molecule has 0 unspecified atom stereocenters. The third-order valence-corrected chi connectivity index (χ3v) is 2.20. The van der Waals surface area contributed by atoms with Gasteiger partial charge >= 0.3 is 0 Å². The summed E-state index contributed by atoms with van der Waals surface area (Å²) in [5.41, 5.74) is 2.40. The molecule has 1 aromatic heterocycles. The molecule has 0 bridgehead atoms. The number of nitrogens with zero attached hydrogens (tertiary/aromatic N) is 1. The first-order valence-electron chi connectivity index (χ1n) is 5.68. The van der Waals surface area contributed by atoms with Gasteiger partial charge in [-0.25, -0.2) is 0 Å². The van der Waals surface area contributed by atoms with Gasteiger partial charge in [0, 0.05) is 11.8 Å². The molecule has 2 aromatic rings. The average Bonchev–Trinajstić information content (AvgIpc) is 2.42. The van der Waals surface area contributed by atoms with E-state index in [1.807, 2.05) is 44.2 Å². The summed E-state index contributed by atoms with van der Waals surface area (Å²) in [5.74, 6) is 0.228. The number of aromatic nitrogens is 1. The van der Waals surface area contributed by atoms with Crippen molar-refractivity contribution in [3.05, 3.63) is 54.7 Å². The predicted octanol–water partition coefficient (Wildman–Crippen LogP) is 4.12. The Balaban J connectivity index is 0.000000686. The molecule has 0 atom stereocenters. The van der Waals surface area contributed by atoms with E-state index >= 15 is 0 Å². The van der Waals surface area contributed by atoms with Crippen molar-refractivity contribution >= 4 is 6.08 Å². The van der Waals surface area contributed by atoms with Gasteiger partial charge in [-0.05, 0) is 29.8 Å². The van der Waals surface area contributed by atoms with Crippen LogP contribution in [0.5, 0.6) is 5.75 Å². The van der Waals surface area contributed by atoms with Crippen LogP contribution in [0, 0.1) is 0 Å². The van der Waals surface area contributed by atoms with Crippen LogP contribution in [0.15, 0.2) is 49.2 Å². The van der Waals surface area contributed by atoms with Crippen molar-refractivity contribution in [3.63, 3.8) is 0 Å². The maximum atomic E-state index is 9.79. The number of hydrogen-bond acceptors (Lipinski definition) is 2. The van der Waals surface area contributed by atoms with Gasteiger partial charge in [0.25, 0.3) is 0 Å². The second kappa shape index (κ2) is 6.48. The zero-order valence-electron chi connectivity index (χ0n) is 10.2. The molecule has 2 heteroatoms. The quantitative estimate of drug-likeness (QED) is 0.837. The number of aromatic hydroxyl groups is 1. The maximum Gasteiger partial charge on any atom is 0.125 e. The lowest BCUT2D eigenvalue weighted by Crippen LogP contribution is -1.83. The molecule has 2 rings (SSSR count). The van der Waals surface area contributed by atoms with Gasteiger partial charge in [-0.2, -0.15) is 0 Å². The van der Waals surface area contributed by atoms with E-state index < -0.39 is 0 Å². The monoisotopic (exact) mass is 227 g/mol. The molecular formula is C15H17NO. The van der Waals surface area contributed by atoms with Crippen LogP contribution in [0.25, 0.3) is 17.3 Å². The lowest BCUT2D eigenvalue weighted by atomic mass is 10.1. The molecular weight excluding hydrogens is 210 g/mol. The fraction of sp³-hybridized carbons (Fsp3) is 0.133. The van der Waals surface area contributed by atoms with Crippen LogP contribution in [-0.2, 0) is 0 Å². The number of phenolic OH excluding ortho intramolecular Hbond substituents is 1. The Morgan fingerprint density at radius 2 is 1.94 bits per heavy atom. The summed E-state index contributed by atoms with van der Waals surface area (Å²) in [7, 11) is 0. The minimum Gasteiger partial charge on any atom is -0.507 e. The summed E-state index contributed by atoms with van der Waals surface area (Å²) in [6, 6.07) is 11.0. The van der Waals surface area contributed by atoms with Gasteiger partial charge in [0.05, 0.1) is 5.69 Å². The van der Waals surface area contributed by atoms with E-state index in [1.165, 1.54) is 0 Å². The minimum absolute atomic E-state index is 0.228. The standard InChI is InChI=1S/C13H11NO.C2H6/c1-2-10-6-7-11(13(15)9-10)12-5-3-4-8-14-12;1-2/h2-9,15H,1H2;1-2H3. The molecule has 0 fully saturated rings. The van der Waals surface area contributed by atoms with Crippen LogP contribution < -0.4 is 0 Å². The maximum absolute atomic E-state index is 9.79. The van der Waals surface area contributed by atoms with E-state index in [2.05, 4.69) is 11.6 Å². The van der Waals surface area contributed by atoms with Crippen LogP contribution in [0.2, 0.25) is 0 Å². The summed E-state index contributed by atoms with van der Waals surface area (Å²) < 4.78 is 0.